The van der Waals surface area contributed by atoms with Crippen molar-refractivity contribution in [2.24, 2.45) is 5.92 Å². The average molecular weight is 254 g/mol. The van der Waals surface area contributed by atoms with Crippen LogP contribution in [0.1, 0.15) is 51.4 Å². The lowest BCUT2D eigenvalue weighted by atomic mass is 9.88. The normalized spacial score (nSPS) is 30.2. The second-order valence-electron chi connectivity index (χ2n) is 5.40. The molecular weight excluding hydrogens is 232 g/mol. The number of methoxy groups -OCH3 is 1. The molecule has 4 nitrogen and oxygen atoms in total. The predicted octanol–water partition coefficient (Wildman–Crippen LogP) is 2.25. The summed E-state index contributed by atoms with van der Waals surface area (Å²) in [4.78, 5) is 23.1. The molecule has 102 valence electrons. The van der Waals surface area contributed by atoms with Crippen molar-refractivity contribution < 1.29 is 19.1 Å². The fraction of sp³-hybridized carbons (Fsp3) is 0.857. The van der Waals surface area contributed by atoms with Crippen LogP contribution in [0.4, 0.5) is 0 Å². The third-order valence-corrected chi connectivity index (χ3v) is 4.07. The molecule has 2 rings (SSSR count). The minimum atomic E-state index is -0.107. The van der Waals surface area contributed by atoms with E-state index in [0.717, 1.165) is 25.7 Å². The molecule has 2 fully saturated rings. The van der Waals surface area contributed by atoms with Crippen LogP contribution >= 0.6 is 0 Å². The average Bonchev–Trinajstić information content (AvgIpc) is 2.39. The topological polar surface area (TPSA) is 52.6 Å². The molecule has 0 aliphatic heterocycles. The monoisotopic (exact) mass is 254 g/mol. The van der Waals surface area contributed by atoms with Gasteiger partial charge < -0.3 is 9.47 Å². The van der Waals surface area contributed by atoms with Crippen LogP contribution in [0, 0.1) is 5.92 Å². The maximum absolute atomic E-state index is 12.0. The zero-order valence-corrected chi connectivity index (χ0v) is 11.0. The Kier molecular flexibility index (Phi) is 4.75. The van der Waals surface area contributed by atoms with Gasteiger partial charge in [0.05, 0.1) is 12.0 Å². The van der Waals surface area contributed by atoms with E-state index in [1.54, 1.807) is 7.11 Å². The van der Waals surface area contributed by atoms with Gasteiger partial charge in [0.25, 0.3) is 0 Å². The molecule has 2 aliphatic carbocycles. The zero-order chi connectivity index (χ0) is 13.0. The van der Waals surface area contributed by atoms with Gasteiger partial charge in [-0.25, -0.2) is 0 Å². The Morgan fingerprint density at radius 3 is 2.44 bits per heavy atom. The number of Topliss-reactive ketones (excluding diaryl/α,β-unsaturated/α-hetero) is 1. The van der Waals surface area contributed by atoms with E-state index in [0.29, 0.717) is 25.7 Å². The van der Waals surface area contributed by atoms with E-state index in [9.17, 15) is 9.59 Å². The Bertz CT molecular complexity index is 303. The molecule has 0 aromatic rings. The third-order valence-electron chi connectivity index (χ3n) is 4.07. The van der Waals surface area contributed by atoms with Crippen molar-refractivity contribution in [3.05, 3.63) is 0 Å². The van der Waals surface area contributed by atoms with Crippen molar-refractivity contribution >= 4 is 11.8 Å². The highest BCUT2D eigenvalue weighted by Gasteiger charge is 2.30. The van der Waals surface area contributed by atoms with E-state index < -0.39 is 0 Å². The van der Waals surface area contributed by atoms with E-state index >= 15 is 0 Å². The zero-order valence-electron chi connectivity index (χ0n) is 11.0. The molecule has 2 atom stereocenters. The van der Waals surface area contributed by atoms with Crippen molar-refractivity contribution in [2.45, 2.75) is 63.6 Å². The van der Waals surface area contributed by atoms with Crippen LogP contribution in [0.15, 0.2) is 0 Å². The van der Waals surface area contributed by atoms with E-state index in [2.05, 4.69) is 0 Å². The summed E-state index contributed by atoms with van der Waals surface area (Å²) in [5, 5.41) is 0. The van der Waals surface area contributed by atoms with E-state index in [4.69, 9.17) is 9.47 Å². The highest BCUT2D eigenvalue weighted by molar-refractivity contribution is 5.82. The lowest BCUT2D eigenvalue weighted by Crippen LogP contribution is -2.32. The Hall–Kier alpha value is -0.900. The number of hydrogen-bond acceptors (Lipinski definition) is 4. The molecule has 0 bridgehead atoms. The van der Waals surface area contributed by atoms with Crippen molar-refractivity contribution in [3.8, 4) is 0 Å². The summed E-state index contributed by atoms with van der Waals surface area (Å²) in [6.07, 6.45) is 6.50. The van der Waals surface area contributed by atoms with E-state index in [1.807, 2.05) is 0 Å². The van der Waals surface area contributed by atoms with Gasteiger partial charge in [0.2, 0.25) is 0 Å². The van der Waals surface area contributed by atoms with Gasteiger partial charge in [-0.1, -0.05) is 0 Å². The molecule has 4 heteroatoms. The SMILES string of the molecule is CO[C@H]1CCC[C@H](OC(=O)C2CCC(=O)CC2)C1. The van der Waals surface area contributed by atoms with Gasteiger partial charge in [-0.15, -0.1) is 0 Å². The summed E-state index contributed by atoms with van der Waals surface area (Å²) in [5.41, 5.74) is 0. The molecule has 2 saturated carbocycles. The minimum absolute atomic E-state index is 0.00817. The summed E-state index contributed by atoms with van der Waals surface area (Å²) in [6.45, 7) is 0. The summed E-state index contributed by atoms with van der Waals surface area (Å²) < 4.78 is 10.9. The van der Waals surface area contributed by atoms with Crippen LogP contribution in [-0.2, 0) is 19.1 Å². The fourth-order valence-corrected chi connectivity index (χ4v) is 2.86. The van der Waals surface area contributed by atoms with Gasteiger partial charge in [-0.05, 0) is 32.1 Å². The first kappa shape index (κ1) is 13.5. The fourth-order valence-electron chi connectivity index (χ4n) is 2.86. The molecule has 0 aromatic heterocycles. The van der Waals surface area contributed by atoms with Crippen LogP contribution in [0.25, 0.3) is 0 Å². The standard InChI is InChI=1S/C14H22O4/c1-17-12-3-2-4-13(9-12)18-14(16)10-5-7-11(15)8-6-10/h10,12-13H,2-9H2,1H3/t12-,13-/m0/s1. The highest BCUT2D eigenvalue weighted by Crippen LogP contribution is 2.27. The summed E-state index contributed by atoms with van der Waals surface area (Å²) in [7, 11) is 1.71. The number of ketones is 1. The van der Waals surface area contributed by atoms with Crippen LogP contribution in [0.3, 0.4) is 0 Å². The van der Waals surface area contributed by atoms with E-state index in [-0.39, 0.29) is 29.9 Å². The Labute approximate surface area is 108 Å². The summed E-state index contributed by atoms with van der Waals surface area (Å²) in [6, 6.07) is 0. The van der Waals surface area contributed by atoms with Gasteiger partial charge in [0, 0.05) is 26.4 Å². The molecule has 0 radical (unpaired) electrons. The maximum atomic E-state index is 12.0. The maximum Gasteiger partial charge on any atom is 0.309 e. The first-order chi connectivity index (χ1) is 8.69. The van der Waals surface area contributed by atoms with Crippen molar-refractivity contribution in [1.29, 1.82) is 0 Å². The molecule has 2 aliphatic rings. The summed E-state index contributed by atoms with van der Waals surface area (Å²) >= 11 is 0. The van der Waals surface area contributed by atoms with Crippen molar-refractivity contribution in [2.75, 3.05) is 7.11 Å². The highest BCUT2D eigenvalue weighted by atomic mass is 16.5. The molecule has 0 aromatic carbocycles. The quantitative estimate of drug-likeness (QED) is 0.725. The molecule has 0 N–H and O–H groups in total. The molecule has 0 unspecified atom stereocenters. The molecule has 18 heavy (non-hydrogen) atoms. The number of carbonyl (C=O) groups excluding carboxylic acids is 2. The number of rotatable bonds is 3. The van der Waals surface area contributed by atoms with Crippen LogP contribution in [0.2, 0.25) is 0 Å². The van der Waals surface area contributed by atoms with Gasteiger partial charge in [0.1, 0.15) is 11.9 Å². The number of hydrogen-bond donors (Lipinski definition) is 0. The second kappa shape index (κ2) is 6.32. The van der Waals surface area contributed by atoms with Gasteiger partial charge in [-0.3, -0.25) is 9.59 Å². The Morgan fingerprint density at radius 1 is 1.11 bits per heavy atom. The molecule has 0 heterocycles. The van der Waals surface area contributed by atoms with Crippen molar-refractivity contribution in [3.63, 3.8) is 0 Å². The first-order valence-corrected chi connectivity index (χ1v) is 6.94. The molecule has 0 spiro atoms. The van der Waals surface area contributed by atoms with Gasteiger partial charge in [0.15, 0.2) is 0 Å². The largest absolute Gasteiger partial charge is 0.462 e. The summed E-state index contributed by atoms with van der Waals surface area (Å²) in [5.74, 6) is 0.103. The predicted molar refractivity (Wildman–Crippen MR) is 66.1 cm³/mol. The lowest BCUT2D eigenvalue weighted by Gasteiger charge is -2.29. The Balaban J connectivity index is 1.78. The van der Waals surface area contributed by atoms with Crippen LogP contribution in [0.5, 0.6) is 0 Å². The second-order valence-corrected chi connectivity index (χ2v) is 5.40. The minimum Gasteiger partial charge on any atom is -0.462 e. The first-order valence-electron chi connectivity index (χ1n) is 6.94. The van der Waals surface area contributed by atoms with Crippen LogP contribution in [-0.4, -0.2) is 31.1 Å². The number of carbonyl (C=O) groups is 2. The van der Waals surface area contributed by atoms with Gasteiger partial charge >= 0.3 is 5.97 Å². The molecule has 0 saturated heterocycles. The molecule has 0 amide bonds. The Morgan fingerprint density at radius 2 is 1.78 bits per heavy atom. The van der Waals surface area contributed by atoms with Crippen LogP contribution < -0.4 is 0 Å². The smallest absolute Gasteiger partial charge is 0.309 e. The lowest BCUT2D eigenvalue weighted by molar-refractivity contribution is -0.159. The van der Waals surface area contributed by atoms with Crippen molar-refractivity contribution in [1.82, 2.24) is 0 Å². The third kappa shape index (κ3) is 3.55. The van der Waals surface area contributed by atoms with E-state index in [1.165, 1.54) is 0 Å². The number of esters is 1. The number of ether oxygens (including phenoxy) is 2. The van der Waals surface area contributed by atoms with Gasteiger partial charge in [-0.2, -0.15) is 0 Å². The molecular formula is C14H22O4.